The fourth-order valence-electron chi connectivity index (χ4n) is 3.22. The van der Waals surface area contributed by atoms with E-state index >= 15 is 0 Å². The molecule has 4 rings (SSSR count). The monoisotopic (exact) mass is 441 g/mol. The number of hydrogen-bond acceptors (Lipinski definition) is 5. The lowest BCUT2D eigenvalue weighted by Gasteiger charge is -2.16. The van der Waals surface area contributed by atoms with E-state index in [2.05, 4.69) is 10.6 Å². The van der Waals surface area contributed by atoms with E-state index in [4.69, 9.17) is 16.7 Å². The molecule has 0 unspecified atom stereocenters. The molecule has 3 amide bonds. The highest BCUT2D eigenvalue weighted by molar-refractivity contribution is 7.18. The van der Waals surface area contributed by atoms with Crippen molar-refractivity contribution in [1.82, 2.24) is 0 Å². The van der Waals surface area contributed by atoms with Gasteiger partial charge in [-0.15, -0.1) is 11.3 Å². The van der Waals surface area contributed by atoms with Crippen molar-refractivity contribution in [3.8, 4) is 0 Å². The van der Waals surface area contributed by atoms with Crippen molar-refractivity contribution < 1.29 is 19.5 Å². The Morgan fingerprint density at radius 2 is 1.83 bits per heavy atom. The number of rotatable bonds is 5. The smallest absolute Gasteiger partial charge is 0.265 e. The summed E-state index contributed by atoms with van der Waals surface area (Å²) in [4.78, 5) is 38.9. The summed E-state index contributed by atoms with van der Waals surface area (Å²) in [6.45, 7) is -0.237. The molecule has 2 aromatic carbocycles. The molecule has 2 heterocycles. The summed E-state index contributed by atoms with van der Waals surface area (Å²) in [7, 11) is 0. The van der Waals surface area contributed by atoms with Crippen molar-refractivity contribution >= 4 is 57.7 Å². The molecule has 3 aromatic rings. The van der Waals surface area contributed by atoms with Gasteiger partial charge in [0, 0.05) is 11.4 Å². The highest BCUT2D eigenvalue weighted by Crippen LogP contribution is 2.34. The Balaban J connectivity index is 1.55. The molecular weight excluding hydrogens is 426 g/mol. The standard InChI is InChI=1S/C21H16ClN3O4S/c22-17-9-8-16(30-17)20(28)24-15-3-1-2-12-10-25(21(29)19(12)15)14-6-4-13(5-7-14)23-18(27)11-26/h1-9,26H,10-11H2,(H,23,27)(H,24,28). The molecule has 0 fully saturated rings. The van der Waals surface area contributed by atoms with Crippen LogP contribution in [0.3, 0.4) is 0 Å². The minimum atomic E-state index is -0.603. The molecular formula is C21H16ClN3O4S. The van der Waals surface area contributed by atoms with Crippen LogP contribution in [-0.4, -0.2) is 29.4 Å². The van der Waals surface area contributed by atoms with Crippen molar-refractivity contribution in [2.75, 3.05) is 22.1 Å². The molecule has 0 atom stereocenters. The van der Waals surface area contributed by atoms with Gasteiger partial charge in [-0.3, -0.25) is 14.4 Å². The number of aliphatic hydroxyl groups is 1. The third-order valence-electron chi connectivity index (χ3n) is 4.59. The molecule has 1 aromatic heterocycles. The summed E-state index contributed by atoms with van der Waals surface area (Å²) in [5.41, 5.74) is 2.87. The van der Waals surface area contributed by atoms with Gasteiger partial charge in [0.05, 0.1) is 27.0 Å². The maximum Gasteiger partial charge on any atom is 0.265 e. The number of aliphatic hydroxyl groups excluding tert-OH is 1. The van der Waals surface area contributed by atoms with Gasteiger partial charge in [-0.1, -0.05) is 23.7 Å². The first-order valence-electron chi connectivity index (χ1n) is 8.97. The van der Waals surface area contributed by atoms with Gasteiger partial charge in [0.1, 0.15) is 6.61 Å². The lowest BCUT2D eigenvalue weighted by Crippen LogP contribution is -2.24. The first-order chi connectivity index (χ1) is 14.5. The topological polar surface area (TPSA) is 98.7 Å². The number of nitrogens with one attached hydrogen (secondary N) is 2. The number of halogens is 1. The molecule has 30 heavy (non-hydrogen) atoms. The molecule has 9 heteroatoms. The van der Waals surface area contributed by atoms with Gasteiger partial charge >= 0.3 is 0 Å². The Bertz CT molecular complexity index is 1140. The predicted octanol–water partition coefficient (Wildman–Crippen LogP) is 3.75. The van der Waals surface area contributed by atoms with Crippen molar-refractivity contribution in [1.29, 1.82) is 0 Å². The number of anilines is 3. The minimum Gasteiger partial charge on any atom is -0.387 e. The van der Waals surface area contributed by atoms with Gasteiger partial charge in [-0.2, -0.15) is 0 Å². The molecule has 1 aliphatic rings. The molecule has 1 aliphatic heterocycles. The second-order valence-electron chi connectivity index (χ2n) is 6.54. The van der Waals surface area contributed by atoms with E-state index < -0.39 is 12.5 Å². The van der Waals surface area contributed by atoms with Crippen LogP contribution in [0.1, 0.15) is 25.6 Å². The van der Waals surface area contributed by atoms with Gasteiger partial charge < -0.3 is 20.6 Å². The summed E-state index contributed by atoms with van der Waals surface area (Å²) in [5.74, 6) is -1.06. The first-order valence-corrected chi connectivity index (χ1v) is 10.2. The van der Waals surface area contributed by atoms with Gasteiger partial charge in [0.25, 0.3) is 11.8 Å². The summed E-state index contributed by atoms with van der Waals surface area (Å²) in [6.07, 6.45) is 0. The molecule has 0 bridgehead atoms. The third-order valence-corrected chi connectivity index (χ3v) is 5.82. The lowest BCUT2D eigenvalue weighted by molar-refractivity contribution is -0.118. The van der Waals surface area contributed by atoms with Crippen molar-refractivity contribution in [3.05, 3.63) is 74.9 Å². The lowest BCUT2D eigenvalue weighted by atomic mass is 10.1. The van der Waals surface area contributed by atoms with Gasteiger partial charge in [0.15, 0.2) is 0 Å². The van der Waals surface area contributed by atoms with Crippen LogP contribution >= 0.6 is 22.9 Å². The molecule has 0 aliphatic carbocycles. The second kappa shape index (κ2) is 8.27. The van der Waals surface area contributed by atoms with Crippen LogP contribution in [0.4, 0.5) is 17.1 Å². The number of benzene rings is 2. The number of carbonyl (C=O) groups is 3. The van der Waals surface area contributed by atoms with E-state index in [1.807, 2.05) is 6.07 Å². The summed E-state index contributed by atoms with van der Waals surface area (Å²) in [5, 5.41) is 14.2. The van der Waals surface area contributed by atoms with Crippen LogP contribution in [-0.2, 0) is 11.3 Å². The Hall–Kier alpha value is -3.20. The second-order valence-corrected chi connectivity index (χ2v) is 8.26. The number of thiophene rings is 1. The zero-order valence-electron chi connectivity index (χ0n) is 15.5. The van der Waals surface area contributed by atoms with E-state index in [9.17, 15) is 14.4 Å². The Labute approximate surface area is 180 Å². The van der Waals surface area contributed by atoms with E-state index in [0.717, 1.165) is 5.56 Å². The fourth-order valence-corrected chi connectivity index (χ4v) is 4.16. The van der Waals surface area contributed by atoms with Crippen molar-refractivity contribution in [2.24, 2.45) is 0 Å². The Morgan fingerprint density at radius 1 is 1.07 bits per heavy atom. The zero-order chi connectivity index (χ0) is 21.3. The normalized spacial score (nSPS) is 12.6. The quantitative estimate of drug-likeness (QED) is 0.561. The SMILES string of the molecule is O=C(CO)Nc1ccc(N2Cc3cccc(NC(=O)c4ccc(Cl)s4)c3C2=O)cc1. The average Bonchev–Trinajstić information content (AvgIpc) is 3.33. The predicted molar refractivity (Wildman–Crippen MR) is 116 cm³/mol. The van der Waals surface area contributed by atoms with Gasteiger partial charge in [-0.05, 0) is 48.0 Å². The van der Waals surface area contributed by atoms with Gasteiger partial charge in [0.2, 0.25) is 5.91 Å². The van der Waals surface area contributed by atoms with E-state index in [1.165, 1.54) is 11.3 Å². The van der Waals surface area contributed by atoms with E-state index in [1.54, 1.807) is 53.4 Å². The summed E-state index contributed by atoms with van der Waals surface area (Å²) in [6, 6.07) is 15.4. The fraction of sp³-hybridized carbons (Fsp3) is 0.0952. The van der Waals surface area contributed by atoms with E-state index in [-0.39, 0.29) is 11.8 Å². The highest BCUT2D eigenvalue weighted by Gasteiger charge is 2.31. The number of amides is 3. The molecule has 0 saturated carbocycles. The summed E-state index contributed by atoms with van der Waals surface area (Å²) < 4.78 is 0.513. The minimum absolute atomic E-state index is 0.225. The largest absolute Gasteiger partial charge is 0.387 e. The Kier molecular flexibility index (Phi) is 5.54. The highest BCUT2D eigenvalue weighted by atomic mass is 35.5. The average molecular weight is 442 g/mol. The molecule has 0 spiro atoms. The molecule has 152 valence electrons. The molecule has 3 N–H and O–H groups in total. The van der Waals surface area contributed by atoms with Crippen LogP contribution < -0.4 is 15.5 Å². The number of fused-ring (bicyclic) bond motifs is 1. The van der Waals surface area contributed by atoms with Crippen molar-refractivity contribution in [2.45, 2.75) is 6.54 Å². The van der Waals surface area contributed by atoms with Crippen LogP contribution in [0.2, 0.25) is 4.34 Å². The number of nitrogens with zero attached hydrogens (tertiary/aromatic N) is 1. The Morgan fingerprint density at radius 3 is 2.50 bits per heavy atom. The van der Waals surface area contributed by atoms with E-state index in [0.29, 0.717) is 38.4 Å². The molecule has 0 saturated heterocycles. The third kappa shape index (κ3) is 3.93. The number of carbonyl (C=O) groups excluding carboxylic acids is 3. The summed E-state index contributed by atoms with van der Waals surface area (Å²) >= 11 is 7.07. The number of hydrogen-bond donors (Lipinski definition) is 3. The molecule has 7 nitrogen and oxygen atoms in total. The van der Waals surface area contributed by atoms with Crippen LogP contribution in [0.5, 0.6) is 0 Å². The van der Waals surface area contributed by atoms with Crippen LogP contribution in [0.25, 0.3) is 0 Å². The molecule has 0 radical (unpaired) electrons. The van der Waals surface area contributed by atoms with Gasteiger partial charge in [-0.25, -0.2) is 0 Å². The van der Waals surface area contributed by atoms with Crippen LogP contribution in [0, 0.1) is 0 Å². The first kappa shape index (κ1) is 20.1. The maximum atomic E-state index is 13.1. The zero-order valence-corrected chi connectivity index (χ0v) is 17.1. The maximum absolute atomic E-state index is 13.1. The van der Waals surface area contributed by atoms with Crippen LogP contribution in [0.15, 0.2) is 54.6 Å². The van der Waals surface area contributed by atoms with Crippen molar-refractivity contribution in [3.63, 3.8) is 0 Å².